The molecule has 1 saturated carbocycles. The van der Waals surface area contributed by atoms with E-state index in [9.17, 15) is 0 Å². The van der Waals surface area contributed by atoms with E-state index >= 15 is 0 Å². The Balaban J connectivity index is 2.38. The van der Waals surface area contributed by atoms with Crippen LogP contribution in [0.5, 0.6) is 0 Å². The summed E-state index contributed by atoms with van der Waals surface area (Å²) in [7, 11) is 0. The molecule has 0 amide bonds. The van der Waals surface area contributed by atoms with E-state index in [1.807, 2.05) is 0 Å². The van der Waals surface area contributed by atoms with Crippen molar-refractivity contribution in [3.8, 4) is 0 Å². The summed E-state index contributed by atoms with van der Waals surface area (Å²) >= 11 is 11.0. The molecule has 10 heavy (non-hydrogen) atoms. The first-order valence-corrected chi connectivity index (χ1v) is 6.35. The summed E-state index contributed by atoms with van der Waals surface area (Å²) < 4.78 is 0. The molecule has 0 aromatic heterocycles. The molecule has 1 rings (SSSR count). The van der Waals surface area contributed by atoms with Crippen molar-refractivity contribution in [3.05, 3.63) is 0 Å². The highest BCUT2D eigenvalue weighted by Gasteiger charge is 2.20. The lowest BCUT2D eigenvalue weighted by Crippen LogP contribution is -2.04. The standard InChI is InChI=1S/C7H11Br3/c8-5-1-2-6(9)4-7(10)3-5/h5-7H,1-4H2. The molecule has 0 aromatic rings. The van der Waals surface area contributed by atoms with Crippen molar-refractivity contribution in [2.24, 2.45) is 0 Å². The van der Waals surface area contributed by atoms with Gasteiger partial charge in [-0.2, -0.15) is 0 Å². The zero-order valence-corrected chi connectivity index (χ0v) is 10.5. The van der Waals surface area contributed by atoms with Crippen molar-refractivity contribution in [2.45, 2.75) is 40.2 Å². The maximum atomic E-state index is 3.66. The summed E-state index contributed by atoms with van der Waals surface area (Å²) in [6.07, 6.45) is 5.14. The topological polar surface area (TPSA) is 0 Å². The number of rotatable bonds is 0. The Kier molecular flexibility index (Phi) is 4.25. The van der Waals surface area contributed by atoms with Crippen LogP contribution < -0.4 is 0 Å². The van der Waals surface area contributed by atoms with E-state index in [4.69, 9.17) is 0 Å². The molecule has 0 heterocycles. The summed E-state index contributed by atoms with van der Waals surface area (Å²) in [6.45, 7) is 0. The Morgan fingerprint density at radius 2 is 1.10 bits per heavy atom. The smallest absolute Gasteiger partial charge is 0.0167 e. The largest absolute Gasteiger partial charge is 0.0890 e. The van der Waals surface area contributed by atoms with E-state index in [0.29, 0.717) is 4.83 Å². The first-order chi connectivity index (χ1) is 4.68. The van der Waals surface area contributed by atoms with Crippen molar-refractivity contribution in [3.63, 3.8) is 0 Å². The molecular weight excluding hydrogens is 324 g/mol. The van der Waals surface area contributed by atoms with Crippen LogP contribution in [0.1, 0.15) is 25.7 Å². The molecule has 0 bridgehead atoms. The van der Waals surface area contributed by atoms with Crippen molar-refractivity contribution in [2.75, 3.05) is 0 Å². The average Bonchev–Trinajstić information content (AvgIpc) is 1.93. The van der Waals surface area contributed by atoms with Gasteiger partial charge < -0.3 is 0 Å². The van der Waals surface area contributed by atoms with E-state index in [2.05, 4.69) is 47.8 Å². The van der Waals surface area contributed by atoms with E-state index in [-0.39, 0.29) is 0 Å². The number of alkyl halides is 3. The van der Waals surface area contributed by atoms with Crippen molar-refractivity contribution in [1.82, 2.24) is 0 Å². The zero-order valence-electron chi connectivity index (χ0n) is 5.69. The van der Waals surface area contributed by atoms with Gasteiger partial charge in [0.15, 0.2) is 0 Å². The first kappa shape index (κ1) is 9.53. The van der Waals surface area contributed by atoms with Crippen LogP contribution in [-0.4, -0.2) is 14.5 Å². The van der Waals surface area contributed by atoms with Crippen LogP contribution in [0.4, 0.5) is 0 Å². The van der Waals surface area contributed by atoms with E-state index < -0.39 is 0 Å². The van der Waals surface area contributed by atoms with Crippen LogP contribution in [0.3, 0.4) is 0 Å². The maximum absolute atomic E-state index is 3.66. The van der Waals surface area contributed by atoms with Gasteiger partial charge in [0, 0.05) is 14.5 Å². The van der Waals surface area contributed by atoms with E-state index in [1.165, 1.54) is 25.7 Å². The molecule has 0 aromatic carbocycles. The van der Waals surface area contributed by atoms with Crippen LogP contribution in [-0.2, 0) is 0 Å². The van der Waals surface area contributed by atoms with Gasteiger partial charge in [-0.15, -0.1) is 0 Å². The van der Waals surface area contributed by atoms with Gasteiger partial charge in [0.2, 0.25) is 0 Å². The SMILES string of the molecule is BrC1CCC(Br)CC(Br)C1. The lowest BCUT2D eigenvalue weighted by molar-refractivity contribution is 0.738. The summed E-state index contributed by atoms with van der Waals surface area (Å²) in [5.41, 5.74) is 0. The van der Waals surface area contributed by atoms with Gasteiger partial charge in [0.25, 0.3) is 0 Å². The molecule has 1 aliphatic carbocycles. The minimum absolute atomic E-state index is 0.698. The zero-order chi connectivity index (χ0) is 7.56. The van der Waals surface area contributed by atoms with E-state index in [0.717, 1.165) is 9.65 Å². The van der Waals surface area contributed by atoms with Crippen molar-refractivity contribution in [1.29, 1.82) is 0 Å². The maximum Gasteiger partial charge on any atom is 0.0167 e. The molecule has 3 heteroatoms. The highest BCUT2D eigenvalue weighted by molar-refractivity contribution is 9.10. The second kappa shape index (κ2) is 4.46. The van der Waals surface area contributed by atoms with Crippen molar-refractivity contribution < 1.29 is 0 Å². The van der Waals surface area contributed by atoms with Crippen LogP contribution >= 0.6 is 47.8 Å². The Morgan fingerprint density at radius 3 is 1.50 bits per heavy atom. The molecule has 0 nitrogen and oxygen atoms in total. The van der Waals surface area contributed by atoms with Gasteiger partial charge in [-0.05, 0) is 25.7 Å². The molecule has 60 valence electrons. The highest BCUT2D eigenvalue weighted by Crippen LogP contribution is 2.31. The number of hydrogen-bond acceptors (Lipinski definition) is 0. The fourth-order valence-corrected chi connectivity index (χ4v) is 4.59. The Labute approximate surface area is 87.5 Å². The van der Waals surface area contributed by atoms with Gasteiger partial charge in [-0.1, -0.05) is 47.8 Å². The molecule has 0 N–H and O–H groups in total. The monoisotopic (exact) mass is 332 g/mol. The molecular formula is C7H11Br3. The fourth-order valence-electron chi connectivity index (χ4n) is 1.25. The van der Waals surface area contributed by atoms with Gasteiger partial charge in [0.05, 0.1) is 0 Å². The second-order valence-corrected chi connectivity index (χ2v) is 6.73. The van der Waals surface area contributed by atoms with E-state index in [1.54, 1.807) is 0 Å². The first-order valence-electron chi connectivity index (χ1n) is 3.60. The van der Waals surface area contributed by atoms with Crippen LogP contribution in [0.15, 0.2) is 0 Å². The summed E-state index contributed by atoms with van der Waals surface area (Å²) in [6, 6.07) is 0. The Bertz CT molecular complexity index is 93.0. The molecule has 0 aliphatic heterocycles. The van der Waals surface area contributed by atoms with Gasteiger partial charge in [-0.25, -0.2) is 0 Å². The van der Waals surface area contributed by atoms with Gasteiger partial charge in [0.1, 0.15) is 0 Å². The second-order valence-electron chi connectivity index (χ2n) is 2.84. The predicted molar refractivity (Wildman–Crippen MR) is 56.6 cm³/mol. The molecule has 0 spiro atoms. The third-order valence-corrected chi connectivity index (χ3v) is 4.23. The predicted octanol–water partition coefficient (Wildman–Crippen LogP) is 3.85. The Hall–Kier alpha value is 1.44. The van der Waals surface area contributed by atoms with Crippen LogP contribution in [0.2, 0.25) is 0 Å². The minimum atomic E-state index is 0.698. The number of halogens is 3. The molecule has 0 radical (unpaired) electrons. The summed E-state index contributed by atoms with van der Waals surface area (Å²) in [5.74, 6) is 0. The molecule has 1 fully saturated rings. The van der Waals surface area contributed by atoms with Gasteiger partial charge >= 0.3 is 0 Å². The average molecular weight is 335 g/mol. The lowest BCUT2D eigenvalue weighted by atomic mass is 10.2. The third kappa shape index (κ3) is 3.22. The molecule has 0 saturated heterocycles. The minimum Gasteiger partial charge on any atom is -0.0890 e. The number of hydrogen-bond donors (Lipinski definition) is 0. The fraction of sp³-hybridized carbons (Fsp3) is 1.00. The summed E-state index contributed by atoms with van der Waals surface area (Å²) in [5, 5.41) is 0. The normalized spacial score (nSPS) is 42.9. The lowest BCUT2D eigenvalue weighted by Gasteiger charge is -2.08. The third-order valence-electron chi connectivity index (χ3n) is 1.82. The molecule has 2 atom stereocenters. The van der Waals surface area contributed by atoms with Crippen LogP contribution in [0.25, 0.3) is 0 Å². The summed E-state index contributed by atoms with van der Waals surface area (Å²) in [4.78, 5) is 2.14. The van der Waals surface area contributed by atoms with Crippen LogP contribution in [0, 0.1) is 0 Å². The quantitative estimate of drug-likeness (QED) is 0.466. The molecule has 1 aliphatic rings. The molecule has 2 unspecified atom stereocenters. The van der Waals surface area contributed by atoms with Gasteiger partial charge in [-0.3, -0.25) is 0 Å². The van der Waals surface area contributed by atoms with Crippen molar-refractivity contribution >= 4 is 47.8 Å². The Morgan fingerprint density at radius 1 is 0.700 bits per heavy atom. The highest BCUT2D eigenvalue weighted by atomic mass is 79.9.